The maximum absolute atomic E-state index is 12.7. The highest BCUT2D eigenvalue weighted by molar-refractivity contribution is 5.94. The molecule has 0 radical (unpaired) electrons. The summed E-state index contributed by atoms with van der Waals surface area (Å²) in [6.45, 7) is 4.45. The first-order valence-corrected chi connectivity index (χ1v) is 6.87. The van der Waals surface area contributed by atoms with Crippen molar-refractivity contribution in [3.63, 3.8) is 0 Å². The quantitative estimate of drug-likeness (QED) is 0.664. The molecule has 0 unspecified atom stereocenters. The van der Waals surface area contributed by atoms with Crippen molar-refractivity contribution in [1.29, 1.82) is 0 Å². The van der Waals surface area contributed by atoms with Crippen molar-refractivity contribution in [2.75, 3.05) is 13.1 Å². The van der Waals surface area contributed by atoms with Gasteiger partial charge in [-0.15, -0.1) is 12.4 Å². The molecule has 0 aliphatic heterocycles. The molecule has 0 saturated heterocycles. The molecule has 0 heterocycles. The molecule has 0 aromatic heterocycles. The fourth-order valence-corrected chi connectivity index (χ4v) is 1.57. The highest BCUT2D eigenvalue weighted by Crippen LogP contribution is 2.02. The third-order valence-corrected chi connectivity index (χ3v) is 2.71. The van der Waals surface area contributed by atoms with Crippen LogP contribution in [0.4, 0.5) is 4.39 Å². The molecule has 0 spiro atoms. The standard InChI is InChI=1S/C15H22FN3O2.ClH/c1-15(2,17)10-19-13(20)4-3-9-18-14(21)11-5-7-12(16)8-6-11;/h5-8H,3-4,9-10,17H2,1-2H3,(H,18,21)(H,19,20);1H. The molecule has 5 nitrogen and oxygen atoms in total. The molecule has 0 saturated carbocycles. The van der Waals surface area contributed by atoms with E-state index in [1.807, 2.05) is 13.8 Å². The first-order valence-electron chi connectivity index (χ1n) is 6.87. The molecular formula is C15H23ClFN3O2. The Morgan fingerprint density at radius 3 is 2.32 bits per heavy atom. The van der Waals surface area contributed by atoms with Crippen LogP contribution in [0.15, 0.2) is 24.3 Å². The number of rotatable bonds is 7. The van der Waals surface area contributed by atoms with E-state index in [-0.39, 0.29) is 30.0 Å². The summed E-state index contributed by atoms with van der Waals surface area (Å²) in [5.41, 5.74) is 5.71. The largest absolute Gasteiger partial charge is 0.354 e. The first-order chi connectivity index (χ1) is 9.78. The number of benzene rings is 1. The summed E-state index contributed by atoms with van der Waals surface area (Å²) in [6, 6.07) is 5.30. The van der Waals surface area contributed by atoms with Gasteiger partial charge < -0.3 is 16.4 Å². The van der Waals surface area contributed by atoms with Crippen molar-refractivity contribution in [3.8, 4) is 0 Å². The van der Waals surface area contributed by atoms with Crippen LogP contribution < -0.4 is 16.4 Å². The van der Waals surface area contributed by atoms with Gasteiger partial charge in [-0.25, -0.2) is 4.39 Å². The summed E-state index contributed by atoms with van der Waals surface area (Å²) in [6.07, 6.45) is 0.851. The van der Waals surface area contributed by atoms with E-state index >= 15 is 0 Å². The molecule has 0 aliphatic rings. The second kappa shape index (κ2) is 9.38. The van der Waals surface area contributed by atoms with Gasteiger partial charge in [-0.1, -0.05) is 0 Å². The lowest BCUT2D eigenvalue weighted by Gasteiger charge is -2.18. The third-order valence-electron chi connectivity index (χ3n) is 2.71. The van der Waals surface area contributed by atoms with Gasteiger partial charge in [0.15, 0.2) is 0 Å². The number of amides is 2. The molecule has 1 aromatic carbocycles. The molecule has 0 aliphatic carbocycles. The fourth-order valence-electron chi connectivity index (χ4n) is 1.57. The molecule has 2 amide bonds. The number of hydrogen-bond acceptors (Lipinski definition) is 3. The normalized spacial score (nSPS) is 10.5. The Hall–Kier alpha value is -1.66. The van der Waals surface area contributed by atoms with Gasteiger partial charge in [0.1, 0.15) is 5.82 Å². The van der Waals surface area contributed by atoms with Gasteiger partial charge in [0.2, 0.25) is 5.91 Å². The Balaban J connectivity index is 0.00000441. The predicted octanol–water partition coefficient (Wildman–Crippen LogP) is 1.61. The van der Waals surface area contributed by atoms with Gasteiger partial charge in [-0.3, -0.25) is 9.59 Å². The zero-order valence-electron chi connectivity index (χ0n) is 12.8. The van der Waals surface area contributed by atoms with Crippen LogP contribution in [0, 0.1) is 5.82 Å². The number of carbonyl (C=O) groups is 2. The smallest absolute Gasteiger partial charge is 0.251 e. The van der Waals surface area contributed by atoms with Gasteiger partial charge in [0.05, 0.1) is 0 Å². The molecule has 7 heteroatoms. The number of hydrogen-bond donors (Lipinski definition) is 3. The molecule has 0 atom stereocenters. The van der Waals surface area contributed by atoms with Crippen molar-refractivity contribution >= 4 is 24.2 Å². The van der Waals surface area contributed by atoms with E-state index in [2.05, 4.69) is 10.6 Å². The Morgan fingerprint density at radius 2 is 1.77 bits per heavy atom. The lowest BCUT2D eigenvalue weighted by molar-refractivity contribution is -0.121. The highest BCUT2D eigenvalue weighted by atomic mass is 35.5. The van der Waals surface area contributed by atoms with Crippen molar-refractivity contribution in [1.82, 2.24) is 10.6 Å². The lowest BCUT2D eigenvalue weighted by atomic mass is 10.1. The Bertz CT molecular complexity index is 487. The Kier molecular flexibility index (Phi) is 8.67. The van der Waals surface area contributed by atoms with Crippen molar-refractivity contribution in [2.24, 2.45) is 5.73 Å². The second-order valence-corrected chi connectivity index (χ2v) is 5.63. The molecule has 1 aromatic rings. The fraction of sp³-hybridized carbons (Fsp3) is 0.467. The van der Waals surface area contributed by atoms with Crippen LogP contribution in [-0.2, 0) is 4.79 Å². The van der Waals surface area contributed by atoms with Crippen LogP contribution in [-0.4, -0.2) is 30.4 Å². The Labute approximate surface area is 136 Å². The van der Waals surface area contributed by atoms with Gasteiger partial charge in [-0.05, 0) is 44.5 Å². The molecule has 4 N–H and O–H groups in total. The SMILES string of the molecule is CC(C)(N)CNC(=O)CCCNC(=O)c1ccc(F)cc1.Cl. The number of carbonyl (C=O) groups excluding carboxylic acids is 2. The van der Waals surface area contributed by atoms with Crippen molar-refractivity contribution in [2.45, 2.75) is 32.2 Å². The van der Waals surface area contributed by atoms with Crippen LogP contribution in [0.3, 0.4) is 0 Å². The maximum Gasteiger partial charge on any atom is 0.251 e. The van der Waals surface area contributed by atoms with Gasteiger partial charge in [0, 0.05) is 30.6 Å². The summed E-state index contributed by atoms with van der Waals surface area (Å²) in [5, 5.41) is 5.41. The molecule has 124 valence electrons. The van der Waals surface area contributed by atoms with E-state index in [9.17, 15) is 14.0 Å². The molecular weight excluding hydrogens is 309 g/mol. The molecule has 1 rings (SSSR count). The topological polar surface area (TPSA) is 84.2 Å². The summed E-state index contributed by atoms with van der Waals surface area (Å²) < 4.78 is 12.7. The van der Waals surface area contributed by atoms with Gasteiger partial charge in [0.25, 0.3) is 5.91 Å². The van der Waals surface area contributed by atoms with Gasteiger partial charge in [-0.2, -0.15) is 0 Å². The predicted molar refractivity (Wildman–Crippen MR) is 86.5 cm³/mol. The van der Waals surface area contributed by atoms with Crippen LogP contribution in [0.2, 0.25) is 0 Å². The minimum Gasteiger partial charge on any atom is -0.354 e. The number of nitrogens with one attached hydrogen (secondary N) is 2. The van der Waals surface area contributed by atoms with E-state index < -0.39 is 5.54 Å². The van der Waals surface area contributed by atoms with Crippen molar-refractivity contribution in [3.05, 3.63) is 35.6 Å². The van der Waals surface area contributed by atoms with Crippen LogP contribution >= 0.6 is 12.4 Å². The zero-order valence-corrected chi connectivity index (χ0v) is 13.6. The molecule has 0 fully saturated rings. The van der Waals surface area contributed by atoms with Crippen LogP contribution in [0.1, 0.15) is 37.0 Å². The average Bonchev–Trinajstić information content (AvgIpc) is 2.41. The monoisotopic (exact) mass is 331 g/mol. The summed E-state index contributed by atoms with van der Waals surface area (Å²) in [7, 11) is 0. The van der Waals surface area contributed by atoms with Gasteiger partial charge >= 0.3 is 0 Å². The summed E-state index contributed by atoms with van der Waals surface area (Å²) in [4.78, 5) is 23.2. The first kappa shape index (κ1) is 20.3. The Morgan fingerprint density at radius 1 is 1.18 bits per heavy atom. The van der Waals surface area contributed by atoms with E-state index in [0.717, 1.165) is 0 Å². The van der Waals surface area contributed by atoms with Crippen LogP contribution in [0.25, 0.3) is 0 Å². The third kappa shape index (κ3) is 8.59. The molecule has 0 bridgehead atoms. The zero-order chi connectivity index (χ0) is 15.9. The second-order valence-electron chi connectivity index (χ2n) is 5.63. The van der Waals surface area contributed by atoms with E-state index in [0.29, 0.717) is 31.5 Å². The summed E-state index contributed by atoms with van der Waals surface area (Å²) in [5.74, 6) is -0.755. The minimum absolute atomic E-state index is 0. The minimum atomic E-state index is -0.438. The highest BCUT2D eigenvalue weighted by Gasteiger charge is 2.12. The van der Waals surface area contributed by atoms with Crippen molar-refractivity contribution < 1.29 is 14.0 Å². The van der Waals surface area contributed by atoms with E-state index in [4.69, 9.17) is 5.73 Å². The van der Waals surface area contributed by atoms with E-state index in [1.54, 1.807) is 0 Å². The molecule has 22 heavy (non-hydrogen) atoms. The summed E-state index contributed by atoms with van der Waals surface area (Å²) >= 11 is 0. The van der Waals surface area contributed by atoms with E-state index in [1.165, 1.54) is 24.3 Å². The number of nitrogens with two attached hydrogens (primary N) is 1. The number of halogens is 2. The lowest BCUT2D eigenvalue weighted by Crippen LogP contribution is -2.45. The van der Waals surface area contributed by atoms with Crippen LogP contribution in [0.5, 0.6) is 0 Å². The maximum atomic E-state index is 12.7. The average molecular weight is 332 g/mol.